The first kappa shape index (κ1) is 20.2. The number of carbonyl (C=O) groups is 1. The maximum absolute atomic E-state index is 12.2. The van der Waals surface area contributed by atoms with Gasteiger partial charge in [-0.05, 0) is 55.8 Å². The Labute approximate surface area is 158 Å². The third-order valence-corrected chi connectivity index (χ3v) is 5.16. The molecule has 6 nitrogen and oxygen atoms in total. The molecule has 8 heteroatoms. The Morgan fingerprint density at radius 2 is 1.88 bits per heavy atom. The topological polar surface area (TPSA) is 84.5 Å². The lowest BCUT2D eigenvalue weighted by atomic mass is 10.3. The van der Waals surface area contributed by atoms with Crippen molar-refractivity contribution in [1.82, 2.24) is 4.72 Å². The van der Waals surface area contributed by atoms with Crippen LogP contribution >= 0.6 is 11.6 Å². The lowest BCUT2D eigenvalue weighted by molar-refractivity contribution is -0.122. The number of hydrogen-bond acceptors (Lipinski definition) is 4. The second kappa shape index (κ2) is 9.02. The van der Waals surface area contributed by atoms with E-state index in [4.69, 9.17) is 16.3 Å². The van der Waals surface area contributed by atoms with Crippen LogP contribution in [0, 0.1) is 0 Å². The number of halogens is 1. The zero-order valence-corrected chi connectivity index (χ0v) is 16.1. The van der Waals surface area contributed by atoms with E-state index in [1.807, 2.05) is 6.92 Å². The number of benzene rings is 2. The van der Waals surface area contributed by atoms with Crippen molar-refractivity contribution in [3.63, 3.8) is 0 Å². The second-order valence-corrected chi connectivity index (χ2v) is 7.83. The molecule has 2 aromatic carbocycles. The molecule has 0 bridgehead atoms. The predicted molar refractivity (Wildman–Crippen MR) is 102 cm³/mol. The molecule has 1 atom stereocenters. The molecule has 2 rings (SSSR count). The Kier molecular flexibility index (Phi) is 7.02. The van der Waals surface area contributed by atoms with Gasteiger partial charge in [0.05, 0.1) is 4.90 Å². The summed E-state index contributed by atoms with van der Waals surface area (Å²) in [5.41, 5.74) is 0.478. The van der Waals surface area contributed by atoms with Gasteiger partial charge in [-0.3, -0.25) is 4.79 Å². The van der Waals surface area contributed by atoms with E-state index in [1.165, 1.54) is 24.3 Å². The van der Waals surface area contributed by atoms with Gasteiger partial charge < -0.3 is 10.1 Å². The molecule has 0 saturated carbocycles. The number of hydrogen-bond donors (Lipinski definition) is 2. The molecule has 0 aromatic heterocycles. The van der Waals surface area contributed by atoms with Gasteiger partial charge in [0, 0.05) is 17.3 Å². The van der Waals surface area contributed by atoms with Crippen LogP contribution in [-0.4, -0.2) is 27.0 Å². The van der Waals surface area contributed by atoms with Gasteiger partial charge in [0.25, 0.3) is 5.91 Å². The maximum Gasteiger partial charge on any atom is 0.265 e. The van der Waals surface area contributed by atoms with Crippen LogP contribution in [0.15, 0.2) is 53.4 Å². The Morgan fingerprint density at radius 3 is 2.50 bits per heavy atom. The number of nitrogens with one attached hydrogen (secondary N) is 2. The Morgan fingerprint density at radius 1 is 1.19 bits per heavy atom. The largest absolute Gasteiger partial charge is 0.481 e. The summed E-state index contributed by atoms with van der Waals surface area (Å²) in [6.07, 6.45) is -0.0409. The molecule has 0 aliphatic carbocycles. The third kappa shape index (κ3) is 5.72. The van der Waals surface area contributed by atoms with Crippen LogP contribution in [0.25, 0.3) is 0 Å². The number of amides is 1. The lowest BCUT2D eigenvalue weighted by Crippen LogP contribution is -2.30. The molecule has 2 N–H and O–H groups in total. The number of sulfonamides is 1. The first-order valence-corrected chi connectivity index (χ1v) is 10.0. The Balaban J connectivity index is 1.98. The number of anilines is 1. The van der Waals surface area contributed by atoms with Crippen molar-refractivity contribution < 1.29 is 17.9 Å². The van der Waals surface area contributed by atoms with E-state index in [9.17, 15) is 13.2 Å². The Bertz CT molecular complexity index is 854. The standard InChI is InChI=1S/C18H21ClN2O4S/c1-3-11-20-26(23,24)17-9-7-15(8-10-17)21-18(22)13(2)25-16-6-4-5-14(19)12-16/h4-10,12-13,20H,3,11H2,1-2H3,(H,21,22). The van der Waals surface area contributed by atoms with Crippen molar-refractivity contribution >= 4 is 33.2 Å². The van der Waals surface area contributed by atoms with Crippen molar-refractivity contribution in [2.75, 3.05) is 11.9 Å². The van der Waals surface area contributed by atoms with Gasteiger partial charge in [0.2, 0.25) is 10.0 Å². The smallest absolute Gasteiger partial charge is 0.265 e. The van der Waals surface area contributed by atoms with Crippen molar-refractivity contribution in [1.29, 1.82) is 0 Å². The number of rotatable bonds is 8. The van der Waals surface area contributed by atoms with Crippen LogP contribution in [0.3, 0.4) is 0 Å². The average molecular weight is 397 g/mol. The second-order valence-electron chi connectivity index (χ2n) is 5.63. The summed E-state index contributed by atoms with van der Waals surface area (Å²) in [6.45, 7) is 3.87. The highest BCUT2D eigenvalue weighted by Crippen LogP contribution is 2.19. The molecule has 0 spiro atoms. The highest BCUT2D eigenvalue weighted by Gasteiger charge is 2.16. The predicted octanol–water partition coefficient (Wildman–Crippen LogP) is 3.43. The van der Waals surface area contributed by atoms with Crippen molar-refractivity contribution in [3.05, 3.63) is 53.6 Å². The first-order valence-electron chi connectivity index (χ1n) is 8.14. The highest BCUT2D eigenvalue weighted by molar-refractivity contribution is 7.89. The van der Waals surface area contributed by atoms with Gasteiger partial charge in [-0.15, -0.1) is 0 Å². The van der Waals surface area contributed by atoms with Crippen LogP contribution in [0.5, 0.6) is 5.75 Å². The summed E-state index contributed by atoms with van der Waals surface area (Å²) in [4.78, 5) is 12.4. The molecule has 1 unspecified atom stereocenters. The van der Waals surface area contributed by atoms with Gasteiger partial charge in [-0.25, -0.2) is 13.1 Å². The molecule has 0 saturated heterocycles. The molecular weight excluding hydrogens is 376 g/mol. The summed E-state index contributed by atoms with van der Waals surface area (Å²) in [6, 6.07) is 12.7. The lowest BCUT2D eigenvalue weighted by Gasteiger charge is -2.15. The number of carbonyl (C=O) groups excluding carboxylic acids is 1. The quantitative estimate of drug-likeness (QED) is 0.715. The molecule has 2 aromatic rings. The monoisotopic (exact) mass is 396 g/mol. The Hall–Kier alpha value is -2.09. The molecule has 0 fully saturated rings. The fourth-order valence-electron chi connectivity index (χ4n) is 2.08. The fraction of sp³-hybridized carbons (Fsp3) is 0.278. The average Bonchev–Trinajstić information content (AvgIpc) is 2.60. The third-order valence-electron chi connectivity index (χ3n) is 3.45. The van der Waals surface area contributed by atoms with E-state index in [0.29, 0.717) is 29.4 Å². The molecule has 0 heterocycles. The van der Waals surface area contributed by atoms with Gasteiger partial charge in [0.15, 0.2) is 6.10 Å². The summed E-state index contributed by atoms with van der Waals surface area (Å²) in [5, 5.41) is 3.20. The minimum Gasteiger partial charge on any atom is -0.481 e. The molecule has 26 heavy (non-hydrogen) atoms. The maximum atomic E-state index is 12.2. The van der Waals surface area contributed by atoms with Gasteiger partial charge >= 0.3 is 0 Å². The molecule has 0 radical (unpaired) electrons. The van der Waals surface area contributed by atoms with Gasteiger partial charge in [0.1, 0.15) is 5.75 Å². The highest BCUT2D eigenvalue weighted by atomic mass is 35.5. The van der Waals surface area contributed by atoms with Crippen molar-refractivity contribution in [3.8, 4) is 5.75 Å². The summed E-state index contributed by atoms with van der Waals surface area (Å²) in [5.74, 6) is 0.133. The fourth-order valence-corrected chi connectivity index (χ4v) is 3.39. The van der Waals surface area contributed by atoms with Crippen LogP contribution < -0.4 is 14.8 Å². The molecule has 0 aliphatic heterocycles. The summed E-state index contributed by atoms with van der Waals surface area (Å²) in [7, 11) is -3.53. The van der Waals surface area contributed by atoms with Gasteiger partial charge in [-0.1, -0.05) is 24.6 Å². The number of ether oxygens (including phenoxy) is 1. The normalized spacial score (nSPS) is 12.4. The molecule has 1 amide bonds. The van der Waals surface area contributed by atoms with E-state index in [0.717, 1.165) is 0 Å². The van der Waals surface area contributed by atoms with Crippen LogP contribution in [0.4, 0.5) is 5.69 Å². The first-order chi connectivity index (χ1) is 12.3. The zero-order valence-electron chi connectivity index (χ0n) is 14.5. The van der Waals surface area contributed by atoms with Crippen molar-refractivity contribution in [2.45, 2.75) is 31.3 Å². The van der Waals surface area contributed by atoms with Gasteiger partial charge in [-0.2, -0.15) is 0 Å². The molecule has 0 aliphatic rings. The van der Waals surface area contributed by atoms with E-state index >= 15 is 0 Å². The molecule has 140 valence electrons. The van der Waals surface area contributed by atoms with E-state index < -0.39 is 16.1 Å². The van der Waals surface area contributed by atoms with Crippen LogP contribution in [0.1, 0.15) is 20.3 Å². The van der Waals surface area contributed by atoms with Crippen LogP contribution in [0.2, 0.25) is 5.02 Å². The minimum atomic E-state index is -3.53. The minimum absolute atomic E-state index is 0.146. The summed E-state index contributed by atoms with van der Waals surface area (Å²) < 4.78 is 32.1. The van der Waals surface area contributed by atoms with E-state index in [2.05, 4.69) is 10.0 Å². The molecular formula is C18H21ClN2O4S. The summed E-state index contributed by atoms with van der Waals surface area (Å²) >= 11 is 5.89. The van der Waals surface area contributed by atoms with E-state index in [1.54, 1.807) is 31.2 Å². The van der Waals surface area contributed by atoms with Crippen LogP contribution in [-0.2, 0) is 14.8 Å². The SMILES string of the molecule is CCCNS(=O)(=O)c1ccc(NC(=O)C(C)Oc2cccc(Cl)c2)cc1. The zero-order chi connectivity index (χ0) is 19.2. The van der Waals surface area contributed by atoms with Crippen molar-refractivity contribution in [2.24, 2.45) is 0 Å². The van der Waals surface area contributed by atoms with E-state index in [-0.39, 0.29) is 10.8 Å².